The molecule has 0 aliphatic carbocycles. The van der Waals surface area contributed by atoms with Crippen molar-refractivity contribution in [2.24, 2.45) is 0 Å². The number of halogens is 3. The Balaban J connectivity index is 1.56. The number of rotatable bonds is 3. The topological polar surface area (TPSA) is 68.3 Å². The minimum atomic E-state index is -4.52. The zero-order chi connectivity index (χ0) is 21.6. The fourth-order valence-electron chi connectivity index (χ4n) is 4.03. The van der Waals surface area contributed by atoms with E-state index in [1.807, 2.05) is 19.9 Å². The van der Waals surface area contributed by atoms with Gasteiger partial charge < -0.3 is 4.90 Å². The van der Waals surface area contributed by atoms with Crippen molar-refractivity contribution in [1.82, 2.24) is 29.3 Å². The Morgan fingerprint density at radius 2 is 1.90 bits per heavy atom. The number of carbonyl (C=O) groups is 1. The molecule has 1 aliphatic heterocycles. The summed E-state index contributed by atoms with van der Waals surface area (Å²) in [5.74, 6) is -0.189. The van der Waals surface area contributed by atoms with Crippen molar-refractivity contribution in [1.29, 1.82) is 0 Å². The average Bonchev–Trinajstić information content (AvgIpc) is 3.22. The lowest BCUT2D eigenvalue weighted by Crippen LogP contribution is -2.41. The maximum absolute atomic E-state index is 13.4. The molecule has 1 atom stereocenters. The summed E-state index contributed by atoms with van der Waals surface area (Å²) in [5, 5.41) is 8.55. The zero-order valence-corrected chi connectivity index (χ0v) is 17.1. The first kappa shape index (κ1) is 20.4. The van der Waals surface area contributed by atoms with Gasteiger partial charge in [0.05, 0.1) is 11.4 Å². The zero-order valence-electron chi connectivity index (χ0n) is 17.1. The third kappa shape index (κ3) is 3.90. The molecule has 1 amide bonds. The SMILES string of the molecule is Cc1cc(C(F)(F)F)n2nc(C3CCCN(C(=O)Cn4nc(C)cc4C)C3)cc2n1. The number of nitrogens with zero attached hydrogens (tertiary/aromatic N) is 6. The molecule has 0 aromatic carbocycles. The summed E-state index contributed by atoms with van der Waals surface area (Å²) in [5.41, 5.74) is 1.91. The summed E-state index contributed by atoms with van der Waals surface area (Å²) < 4.78 is 42.8. The summed E-state index contributed by atoms with van der Waals surface area (Å²) in [4.78, 5) is 18.7. The second-order valence-corrected chi connectivity index (χ2v) is 7.88. The lowest BCUT2D eigenvalue weighted by molar-refractivity contribution is -0.142. The molecule has 1 fully saturated rings. The first-order valence-electron chi connectivity index (χ1n) is 9.85. The molecule has 0 spiro atoms. The Morgan fingerprint density at radius 1 is 1.13 bits per heavy atom. The second kappa shape index (κ2) is 7.41. The molecule has 1 saturated heterocycles. The number of hydrogen-bond donors (Lipinski definition) is 0. The summed E-state index contributed by atoms with van der Waals surface area (Å²) in [6, 6.07) is 4.51. The number of alkyl halides is 3. The van der Waals surface area contributed by atoms with E-state index in [4.69, 9.17) is 0 Å². The number of piperidine rings is 1. The van der Waals surface area contributed by atoms with Crippen LogP contribution in [0.5, 0.6) is 0 Å². The van der Waals surface area contributed by atoms with Crippen molar-refractivity contribution in [2.75, 3.05) is 13.1 Å². The molecule has 1 aliphatic rings. The van der Waals surface area contributed by atoms with Crippen LogP contribution in [0.1, 0.15) is 47.2 Å². The first-order chi connectivity index (χ1) is 14.1. The quantitative estimate of drug-likeness (QED) is 0.652. The Bertz CT molecular complexity index is 1100. The highest BCUT2D eigenvalue weighted by Crippen LogP contribution is 2.32. The number of aromatic nitrogens is 5. The monoisotopic (exact) mass is 420 g/mol. The highest BCUT2D eigenvalue weighted by atomic mass is 19.4. The number of aryl methyl sites for hydroxylation is 3. The van der Waals surface area contributed by atoms with Gasteiger partial charge in [-0.25, -0.2) is 9.50 Å². The molecule has 0 bridgehead atoms. The molecule has 0 radical (unpaired) electrons. The van der Waals surface area contributed by atoms with Gasteiger partial charge in [0.15, 0.2) is 5.65 Å². The molecule has 4 rings (SSSR count). The molecular weight excluding hydrogens is 397 g/mol. The Morgan fingerprint density at radius 3 is 2.57 bits per heavy atom. The fourth-order valence-corrected chi connectivity index (χ4v) is 4.03. The average molecular weight is 420 g/mol. The number of fused-ring (bicyclic) bond motifs is 1. The second-order valence-electron chi connectivity index (χ2n) is 7.88. The van der Waals surface area contributed by atoms with Crippen LogP contribution < -0.4 is 0 Å². The number of amides is 1. The Kier molecular flexibility index (Phi) is 5.03. The van der Waals surface area contributed by atoms with Crippen molar-refractivity contribution < 1.29 is 18.0 Å². The van der Waals surface area contributed by atoms with E-state index in [0.717, 1.165) is 34.8 Å². The minimum Gasteiger partial charge on any atom is -0.340 e. The molecule has 3 aromatic heterocycles. The molecule has 1 unspecified atom stereocenters. The standard InChI is InChI=1S/C20H23F3N6O/c1-12-8-17(20(21,22)23)29-18(24-12)9-16(26-29)15-5-4-6-27(10-15)19(30)11-28-14(3)7-13(2)25-28/h7-9,15H,4-6,10-11H2,1-3H3. The van der Waals surface area contributed by atoms with Crippen LogP contribution in [0.3, 0.4) is 0 Å². The minimum absolute atomic E-state index is 0.0559. The maximum Gasteiger partial charge on any atom is 0.433 e. The van der Waals surface area contributed by atoms with Crippen molar-refractivity contribution in [3.05, 3.63) is 46.7 Å². The highest BCUT2D eigenvalue weighted by molar-refractivity contribution is 5.76. The number of hydrogen-bond acceptors (Lipinski definition) is 4. The molecular formula is C20H23F3N6O. The summed E-state index contributed by atoms with van der Waals surface area (Å²) in [6.07, 6.45) is -3.00. The van der Waals surface area contributed by atoms with Crippen LogP contribution in [0.15, 0.2) is 18.2 Å². The van der Waals surface area contributed by atoms with Gasteiger partial charge in [0.1, 0.15) is 12.2 Å². The van der Waals surface area contributed by atoms with E-state index in [0.29, 0.717) is 18.8 Å². The van der Waals surface area contributed by atoms with Gasteiger partial charge in [-0.05, 0) is 45.7 Å². The van der Waals surface area contributed by atoms with E-state index in [1.165, 1.54) is 6.92 Å². The molecule has 7 nitrogen and oxygen atoms in total. The van der Waals surface area contributed by atoms with Crippen molar-refractivity contribution >= 4 is 11.6 Å². The largest absolute Gasteiger partial charge is 0.433 e. The summed E-state index contributed by atoms with van der Waals surface area (Å²) in [6.45, 7) is 6.49. The van der Waals surface area contributed by atoms with Gasteiger partial charge in [-0.2, -0.15) is 23.4 Å². The normalized spacial score (nSPS) is 17.7. The predicted octanol–water partition coefficient (Wildman–Crippen LogP) is 3.28. The Hall–Kier alpha value is -2.91. The lowest BCUT2D eigenvalue weighted by atomic mass is 9.95. The van der Waals surface area contributed by atoms with Crippen LogP contribution in [0, 0.1) is 20.8 Å². The van der Waals surface area contributed by atoms with Crippen LogP contribution >= 0.6 is 0 Å². The van der Waals surface area contributed by atoms with Crippen LogP contribution in [-0.2, 0) is 17.5 Å². The molecule has 3 aromatic rings. The molecule has 30 heavy (non-hydrogen) atoms. The van der Waals surface area contributed by atoms with Crippen LogP contribution in [0.25, 0.3) is 5.65 Å². The summed E-state index contributed by atoms with van der Waals surface area (Å²) in [7, 11) is 0. The van der Waals surface area contributed by atoms with Crippen molar-refractivity contribution in [2.45, 2.75) is 52.3 Å². The van der Waals surface area contributed by atoms with Gasteiger partial charge in [-0.1, -0.05) is 0 Å². The maximum atomic E-state index is 13.4. The number of carbonyl (C=O) groups excluding carboxylic acids is 1. The predicted molar refractivity (Wildman–Crippen MR) is 103 cm³/mol. The third-order valence-electron chi connectivity index (χ3n) is 5.45. The summed E-state index contributed by atoms with van der Waals surface area (Å²) >= 11 is 0. The molecule has 10 heteroatoms. The van der Waals surface area contributed by atoms with Crippen molar-refractivity contribution in [3.8, 4) is 0 Å². The smallest absolute Gasteiger partial charge is 0.340 e. The molecule has 0 saturated carbocycles. The van der Waals surface area contributed by atoms with E-state index >= 15 is 0 Å². The molecule has 4 heterocycles. The van der Waals surface area contributed by atoms with Crippen LogP contribution in [0.4, 0.5) is 13.2 Å². The van der Waals surface area contributed by atoms with Gasteiger partial charge >= 0.3 is 6.18 Å². The van der Waals surface area contributed by atoms with Gasteiger partial charge in [-0.15, -0.1) is 0 Å². The van der Waals surface area contributed by atoms with Crippen LogP contribution in [-0.4, -0.2) is 48.3 Å². The fraction of sp³-hybridized carbons (Fsp3) is 0.500. The molecule has 0 N–H and O–H groups in total. The van der Waals surface area contributed by atoms with Gasteiger partial charge in [-0.3, -0.25) is 9.48 Å². The Labute approximate surface area is 171 Å². The van der Waals surface area contributed by atoms with E-state index in [9.17, 15) is 18.0 Å². The first-order valence-corrected chi connectivity index (χ1v) is 9.85. The van der Waals surface area contributed by atoms with E-state index in [-0.39, 0.29) is 29.7 Å². The van der Waals surface area contributed by atoms with E-state index < -0.39 is 11.9 Å². The van der Waals surface area contributed by atoms with Gasteiger partial charge in [0, 0.05) is 36.5 Å². The van der Waals surface area contributed by atoms with Crippen LogP contribution in [0.2, 0.25) is 0 Å². The van der Waals surface area contributed by atoms with E-state index in [2.05, 4.69) is 15.2 Å². The van der Waals surface area contributed by atoms with Gasteiger partial charge in [0.2, 0.25) is 5.91 Å². The highest BCUT2D eigenvalue weighted by Gasteiger charge is 2.35. The number of likely N-dealkylation sites (tertiary alicyclic amines) is 1. The third-order valence-corrected chi connectivity index (χ3v) is 5.45. The van der Waals surface area contributed by atoms with Crippen molar-refractivity contribution in [3.63, 3.8) is 0 Å². The molecule has 160 valence electrons. The van der Waals surface area contributed by atoms with E-state index in [1.54, 1.807) is 15.6 Å². The lowest BCUT2D eigenvalue weighted by Gasteiger charge is -2.32. The van der Waals surface area contributed by atoms with Gasteiger partial charge in [0.25, 0.3) is 0 Å².